The lowest BCUT2D eigenvalue weighted by atomic mass is 10.2. The van der Waals surface area contributed by atoms with E-state index in [1.807, 2.05) is 4.90 Å². The SMILES string of the molecule is O=C(c1cscn1)N1CC2CCC(C1)O2. The lowest BCUT2D eigenvalue weighted by Crippen LogP contribution is -2.45. The number of hydrogen-bond donors (Lipinski definition) is 0. The number of rotatable bonds is 1. The zero-order valence-electron chi connectivity index (χ0n) is 8.26. The minimum Gasteiger partial charge on any atom is -0.371 e. The van der Waals surface area contributed by atoms with Crippen LogP contribution in [-0.2, 0) is 4.74 Å². The Morgan fingerprint density at radius 3 is 2.80 bits per heavy atom. The summed E-state index contributed by atoms with van der Waals surface area (Å²) in [6.07, 6.45) is 2.69. The molecular weight excluding hydrogens is 212 g/mol. The van der Waals surface area contributed by atoms with Gasteiger partial charge in [0.15, 0.2) is 0 Å². The van der Waals surface area contributed by atoms with E-state index in [0.717, 1.165) is 25.9 Å². The van der Waals surface area contributed by atoms with Gasteiger partial charge in [-0.25, -0.2) is 4.98 Å². The summed E-state index contributed by atoms with van der Waals surface area (Å²) in [5, 5.41) is 1.81. The normalized spacial score (nSPS) is 29.5. The number of ether oxygens (including phenoxy) is 1. The molecule has 2 unspecified atom stereocenters. The average molecular weight is 224 g/mol. The first kappa shape index (κ1) is 9.30. The second-order valence-corrected chi connectivity index (χ2v) is 4.76. The first-order valence-electron chi connectivity index (χ1n) is 5.16. The van der Waals surface area contributed by atoms with E-state index in [1.54, 1.807) is 10.9 Å². The molecule has 0 spiro atoms. The first-order chi connectivity index (χ1) is 7.33. The van der Waals surface area contributed by atoms with Crippen LogP contribution >= 0.6 is 11.3 Å². The number of nitrogens with zero attached hydrogens (tertiary/aromatic N) is 2. The molecule has 1 aromatic rings. The van der Waals surface area contributed by atoms with Crippen LogP contribution in [0.15, 0.2) is 10.9 Å². The number of carbonyl (C=O) groups excluding carboxylic acids is 1. The van der Waals surface area contributed by atoms with E-state index in [4.69, 9.17) is 4.74 Å². The molecule has 5 heteroatoms. The predicted molar refractivity (Wildman–Crippen MR) is 55.9 cm³/mol. The highest BCUT2D eigenvalue weighted by atomic mass is 32.1. The van der Waals surface area contributed by atoms with Crippen molar-refractivity contribution in [3.63, 3.8) is 0 Å². The molecule has 80 valence electrons. The maximum Gasteiger partial charge on any atom is 0.273 e. The molecule has 2 aliphatic rings. The minimum absolute atomic E-state index is 0.0523. The van der Waals surface area contributed by atoms with Crippen LogP contribution in [0.2, 0.25) is 0 Å². The molecule has 0 aromatic carbocycles. The van der Waals surface area contributed by atoms with Crippen LogP contribution < -0.4 is 0 Å². The van der Waals surface area contributed by atoms with Crippen molar-refractivity contribution in [2.75, 3.05) is 13.1 Å². The van der Waals surface area contributed by atoms with Crippen LogP contribution in [0.25, 0.3) is 0 Å². The van der Waals surface area contributed by atoms with Gasteiger partial charge in [0.05, 0.1) is 17.7 Å². The van der Waals surface area contributed by atoms with E-state index in [0.29, 0.717) is 5.69 Å². The molecule has 4 nitrogen and oxygen atoms in total. The van der Waals surface area contributed by atoms with Crippen LogP contribution in [0.1, 0.15) is 23.3 Å². The van der Waals surface area contributed by atoms with Crippen LogP contribution in [0.3, 0.4) is 0 Å². The molecule has 2 atom stereocenters. The number of carbonyl (C=O) groups is 1. The monoisotopic (exact) mass is 224 g/mol. The highest BCUT2D eigenvalue weighted by Crippen LogP contribution is 2.26. The fourth-order valence-electron chi connectivity index (χ4n) is 2.26. The quantitative estimate of drug-likeness (QED) is 0.718. The average Bonchev–Trinajstić information content (AvgIpc) is 2.87. The van der Waals surface area contributed by atoms with E-state index in [1.165, 1.54) is 11.3 Å². The third kappa shape index (κ3) is 1.66. The Hall–Kier alpha value is -0.940. The van der Waals surface area contributed by atoms with Crippen molar-refractivity contribution in [3.05, 3.63) is 16.6 Å². The van der Waals surface area contributed by atoms with Crippen LogP contribution in [0.4, 0.5) is 0 Å². The molecule has 15 heavy (non-hydrogen) atoms. The summed E-state index contributed by atoms with van der Waals surface area (Å²) in [7, 11) is 0. The summed E-state index contributed by atoms with van der Waals surface area (Å²) >= 11 is 1.46. The summed E-state index contributed by atoms with van der Waals surface area (Å²) in [5.41, 5.74) is 2.27. The molecule has 3 rings (SSSR count). The second kappa shape index (κ2) is 3.57. The zero-order valence-corrected chi connectivity index (χ0v) is 9.07. The number of morpholine rings is 1. The zero-order chi connectivity index (χ0) is 10.3. The van der Waals surface area contributed by atoms with Gasteiger partial charge in [-0.3, -0.25) is 4.79 Å². The maximum atomic E-state index is 12.0. The molecule has 0 aliphatic carbocycles. The van der Waals surface area contributed by atoms with E-state index in [-0.39, 0.29) is 18.1 Å². The Labute approximate surface area is 91.9 Å². The number of fused-ring (bicyclic) bond motifs is 2. The van der Waals surface area contributed by atoms with Crippen molar-refractivity contribution >= 4 is 17.2 Å². The van der Waals surface area contributed by atoms with Crippen molar-refractivity contribution in [2.45, 2.75) is 25.0 Å². The van der Waals surface area contributed by atoms with Gasteiger partial charge in [-0.2, -0.15) is 0 Å². The lowest BCUT2D eigenvalue weighted by molar-refractivity contribution is -0.0305. The van der Waals surface area contributed by atoms with Gasteiger partial charge in [0.2, 0.25) is 0 Å². The molecule has 0 radical (unpaired) electrons. The molecule has 2 aliphatic heterocycles. The van der Waals surface area contributed by atoms with E-state index >= 15 is 0 Å². The predicted octanol–water partition coefficient (Wildman–Crippen LogP) is 1.15. The lowest BCUT2D eigenvalue weighted by Gasteiger charge is -2.31. The summed E-state index contributed by atoms with van der Waals surface area (Å²) in [6.45, 7) is 1.46. The standard InChI is InChI=1S/C10H12N2O2S/c13-10(9-5-15-6-11-9)12-3-7-1-2-8(4-12)14-7/h5-8H,1-4H2. The molecule has 1 aromatic heterocycles. The Bertz CT molecular complexity index is 354. The van der Waals surface area contributed by atoms with Gasteiger partial charge >= 0.3 is 0 Å². The van der Waals surface area contributed by atoms with Gasteiger partial charge in [0.25, 0.3) is 5.91 Å². The van der Waals surface area contributed by atoms with E-state index in [9.17, 15) is 4.79 Å². The number of aromatic nitrogens is 1. The minimum atomic E-state index is 0.0523. The van der Waals surface area contributed by atoms with Gasteiger partial charge in [-0.05, 0) is 12.8 Å². The Kier molecular flexibility index (Phi) is 2.21. The number of likely N-dealkylation sites (tertiary alicyclic amines) is 1. The summed E-state index contributed by atoms with van der Waals surface area (Å²) in [5.74, 6) is 0.0523. The third-order valence-electron chi connectivity index (χ3n) is 2.98. The Balaban J connectivity index is 1.75. The van der Waals surface area contributed by atoms with Crippen molar-refractivity contribution in [1.82, 2.24) is 9.88 Å². The molecule has 0 saturated carbocycles. The summed E-state index contributed by atoms with van der Waals surface area (Å²) < 4.78 is 5.68. The summed E-state index contributed by atoms with van der Waals surface area (Å²) in [6, 6.07) is 0. The fraction of sp³-hybridized carbons (Fsp3) is 0.600. The maximum absolute atomic E-state index is 12.0. The highest BCUT2D eigenvalue weighted by molar-refractivity contribution is 7.07. The van der Waals surface area contributed by atoms with Crippen molar-refractivity contribution in [3.8, 4) is 0 Å². The van der Waals surface area contributed by atoms with Gasteiger partial charge in [-0.15, -0.1) is 11.3 Å². The molecule has 1 amide bonds. The Morgan fingerprint density at radius 1 is 1.47 bits per heavy atom. The largest absolute Gasteiger partial charge is 0.371 e. The van der Waals surface area contributed by atoms with Gasteiger partial charge in [0, 0.05) is 18.5 Å². The molecule has 0 N–H and O–H groups in total. The Morgan fingerprint density at radius 2 is 2.20 bits per heavy atom. The van der Waals surface area contributed by atoms with Crippen molar-refractivity contribution in [1.29, 1.82) is 0 Å². The van der Waals surface area contributed by atoms with Crippen molar-refractivity contribution in [2.24, 2.45) is 0 Å². The molecule has 2 fully saturated rings. The number of amides is 1. The topological polar surface area (TPSA) is 42.4 Å². The molecule has 2 saturated heterocycles. The smallest absolute Gasteiger partial charge is 0.273 e. The highest BCUT2D eigenvalue weighted by Gasteiger charge is 2.36. The van der Waals surface area contributed by atoms with Crippen LogP contribution in [-0.4, -0.2) is 41.1 Å². The van der Waals surface area contributed by atoms with Gasteiger partial charge < -0.3 is 9.64 Å². The fourth-order valence-corrected chi connectivity index (χ4v) is 2.79. The van der Waals surface area contributed by atoms with Crippen LogP contribution in [0.5, 0.6) is 0 Å². The van der Waals surface area contributed by atoms with Crippen LogP contribution in [0, 0.1) is 0 Å². The van der Waals surface area contributed by atoms with Gasteiger partial charge in [0.1, 0.15) is 5.69 Å². The van der Waals surface area contributed by atoms with Gasteiger partial charge in [-0.1, -0.05) is 0 Å². The van der Waals surface area contributed by atoms with E-state index < -0.39 is 0 Å². The molecular formula is C10H12N2O2S. The number of thiazole rings is 1. The number of hydrogen-bond acceptors (Lipinski definition) is 4. The summed E-state index contributed by atoms with van der Waals surface area (Å²) in [4.78, 5) is 17.9. The first-order valence-corrected chi connectivity index (χ1v) is 6.10. The van der Waals surface area contributed by atoms with Crippen molar-refractivity contribution < 1.29 is 9.53 Å². The molecule has 2 bridgehead atoms. The molecule has 3 heterocycles. The second-order valence-electron chi connectivity index (χ2n) is 4.04. The third-order valence-corrected chi connectivity index (χ3v) is 3.57. The van der Waals surface area contributed by atoms with E-state index in [2.05, 4.69) is 4.98 Å².